The molecule has 0 aromatic carbocycles. The molecule has 1 aliphatic heterocycles. The monoisotopic (exact) mass is 228 g/mol. The predicted molar refractivity (Wildman–Crippen MR) is 54.5 cm³/mol. The lowest BCUT2D eigenvalue weighted by atomic mass is 9.96. The van der Waals surface area contributed by atoms with E-state index in [4.69, 9.17) is 14.2 Å². The molecule has 1 saturated heterocycles. The lowest BCUT2D eigenvalue weighted by molar-refractivity contribution is -0.165. The Balaban J connectivity index is 2.17. The Labute approximate surface area is 94.0 Å². The summed E-state index contributed by atoms with van der Waals surface area (Å²) in [6, 6.07) is 0. The molecule has 0 bridgehead atoms. The van der Waals surface area contributed by atoms with Gasteiger partial charge in [0.1, 0.15) is 24.4 Å². The van der Waals surface area contributed by atoms with E-state index < -0.39 is 30.2 Å². The van der Waals surface area contributed by atoms with Gasteiger partial charge >= 0.3 is 5.97 Å². The van der Waals surface area contributed by atoms with Crippen LogP contribution in [-0.4, -0.2) is 41.3 Å². The van der Waals surface area contributed by atoms with Crippen LogP contribution in [0.4, 0.5) is 0 Å². The van der Waals surface area contributed by atoms with E-state index in [1.54, 1.807) is 26.0 Å². The molecule has 0 unspecified atom stereocenters. The van der Waals surface area contributed by atoms with Crippen LogP contribution in [0.2, 0.25) is 0 Å². The summed E-state index contributed by atoms with van der Waals surface area (Å²) in [5, 5.41) is 9.73. The molecule has 5 nitrogen and oxygen atoms in total. The van der Waals surface area contributed by atoms with Gasteiger partial charge in [-0.15, -0.1) is 0 Å². The second kappa shape index (κ2) is 3.84. The van der Waals surface area contributed by atoms with Crippen molar-refractivity contribution in [3.63, 3.8) is 0 Å². The molecule has 0 amide bonds. The minimum atomic E-state index is -0.763. The molecule has 90 valence electrons. The predicted octanol–water partition coefficient (Wildman–Crippen LogP) is 0.369. The highest BCUT2D eigenvalue weighted by molar-refractivity contribution is 5.66. The molecule has 0 spiro atoms. The molecule has 1 heterocycles. The second-order valence-corrected chi connectivity index (χ2v) is 4.51. The molecule has 1 aliphatic carbocycles. The van der Waals surface area contributed by atoms with E-state index in [0.717, 1.165) is 0 Å². The number of aliphatic hydroxyl groups excluding tert-OH is 1. The minimum absolute atomic E-state index is 0.377. The first-order valence-electron chi connectivity index (χ1n) is 5.28. The van der Waals surface area contributed by atoms with Crippen molar-refractivity contribution in [2.45, 2.75) is 51.0 Å². The van der Waals surface area contributed by atoms with Crippen molar-refractivity contribution in [1.29, 1.82) is 0 Å². The first-order valence-corrected chi connectivity index (χ1v) is 5.28. The normalized spacial score (nSPS) is 40.5. The number of ether oxygens (including phenoxy) is 3. The lowest BCUT2D eigenvalue weighted by Gasteiger charge is -2.29. The average molecular weight is 228 g/mol. The van der Waals surface area contributed by atoms with Gasteiger partial charge in [0.2, 0.25) is 0 Å². The minimum Gasteiger partial charge on any atom is -0.455 e. The molecule has 5 heteroatoms. The fourth-order valence-corrected chi connectivity index (χ4v) is 2.08. The number of fused-ring (bicyclic) bond motifs is 1. The van der Waals surface area contributed by atoms with Crippen LogP contribution in [0.15, 0.2) is 12.2 Å². The molecule has 1 N–H and O–H groups in total. The van der Waals surface area contributed by atoms with Crippen LogP contribution in [0, 0.1) is 0 Å². The number of carbonyl (C=O) groups is 1. The zero-order valence-corrected chi connectivity index (χ0v) is 9.54. The molecule has 0 radical (unpaired) electrons. The molecule has 4 atom stereocenters. The van der Waals surface area contributed by atoms with E-state index in [1.807, 2.05) is 0 Å². The quantitative estimate of drug-likeness (QED) is 0.519. The van der Waals surface area contributed by atoms with Crippen molar-refractivity contribution >= 4 is 5.97 Å². The van der Waals surface area contributed by atoms with E-state index in [0.29, 0.717) is 0 Å². The molecule has 2 rings (SSSR count). The zero-order chi connectivity index (χ0) is 11.9. The van der Waals surface area contributed by atoms with Crippen LogP contribution in [-0.2, 0) is 19.0 Å². The van der Waals surface area contributed by atoms with Gasteiger partial charge in [0.15, 0.2) is 5.79 Å². The summed E-state index contributed by atoms with van der Waals surface area (Å²) in [5.74, 6) is -1.14. The Morgan fingerprint density at radius 1 is 1.31 bits per heavy atom. The summed E-state index contributed by atoms with van der Waals surface area (Å²) in [6.07, 6.45) is 1.06. The Morgan fingerprint density at radius 2 is 1.94 bits per heavy atom. The fraction of sp³-hybridized carbons (Fsp3) is 0.727. The largest absolute Gasteiger partial charge is 0.455 e. The van der Waals surface area contributed by atoms with E-state index in [1.165, 1.54) is 6.92 Å². The van der Waals surface area contributed by atoms with Gasteiger partial charge in [0.05, 0.1) is 0 Å². The van der Waals surface area contributed by atoms with Crippen molar-refractivity contribution in [2.75, 3.05) is 0 Å². The molecular formula is C11H16O5. The molecule has 16 heavy (non-hydrogen) atoms. The van der Waals surface area contributed by atoms with Crippen molar-refractivity contribution in [1.82, 2.24) is 0 Å². The number of carbonyl (C=O) groups excluding carboxylic acids is 1. The second-order valence-electron chi connectivity index (χ2n) is 4.51. The van der Waals surface area contributed by atoms with Crippen LogP contribution in [0.5, 0.6) is 0 Å². The summed E-state index contributed by atoms with van der Waals surface area (Å²) >= 11 is 0. The van der Waals surface area contributed by atoms with Gasteiger partial charge in [0.25, 0.3) is 0 Å². The Morgan fingerprint density at radius 3 is 2.56 bits per heavy atom. The highest BCUT2D eigenvalue weighted by atomic mass is 16.8. The molecule has 1 fully saturated rings. The third-order valence-electron chi connectivity index (χ3n) is 2.62. The van der Waals surface area contributed by atoms with Gasteiger partial charge in [-0.05, 0) is 19.9 Å². The first kappa shape index (κ1) is 11.6. The van der Waals surface area contributed by atoms with Crippen LogP contribution in [0.1, 0.15) is 20.8 Å². The Hall–Kier alpha value is -0.910. The number of aliphatic hydroxyl groups is 1. The van der Waals surface area contributed by atoms with Crippen LogP contribution >= 0.6 is 0 Å². The van der Waals surface area contributed by atoms with Gasteiger partial charge in [0, 0.05) is 6.92 Å². The number of rotatable bonds is 1. The summed E-state index contributed by atoms with van der Waals surface area (Å²) < 4.78 is 16.3. The number of esters is 1. The summed E-state index contributed by atoms with van der Waals surface area (Å²) in [4.78, 5) is 10.9. The smallest absolute Gasteiger partial charge is 0.303 e. The maximum Gasteiger partial charge on any atom is 0.303 e. The highest BCUT2D eigenvalue weighted by Crippen LogP contribution is 2.35. The molecular weight excluding hydrogens is 212 g/mol. The van der Waals surface area contributed by atoms with E-state index >= 15 is 0 Å². The third kappa shape index (κ3) is 2.11. The van der Waals surface area contributed by atoms with Gasteiger partial charge < -0.3 is 19.3 Å². The molecule has 0 saturated carbocycles. The number of hydrogen-bond donors (Lipinski definition) is 1. The van der Waals surface area contributed by atoms with Crippen molar-refractivity contribution < 1.29 is 24.1 Å². The first-order chi connectivity index (χ1) is 7.39. The Kier molecular flexibility index (Phi) is 2.77. The maximum atomic E-state index is 10.9. The SMILES string of the molecule is CC(=O)O[C@@H]1C=C[C@@H](O)[C@H]2OC(C)(C)O[C@H]21. The van der Waals surface area contributed by atoms with Crippen molar-refractivity contribution in [3.8, 4) is 0 Å². The van der Waals surface area contributed by atoms with Crippen LogP contribution < -0.4 is 0 Å². The molecule has 0 aromatic heterocycles. The van der Waals surface area contributed by atoms with Crippen molar-refractivity contribution in [2.24, 2.45) is 0 Å². The summed E-state index contributed by atoms with van der Waals surface area (Å²) in [6.45, 7) is 4.88. The average Bonchev–Trinajstić information content (AvgIpc) is 2.47. The zero-order valence-electron chi connectivity index (χ0n) is 9.54. The van der Waals surface area contributed by atoms with Crippen molar-refractivity contribution in [3.05, 3.63) is 12.2 Å². The number of hydrogen-bond acceptors (Lipinski definition) is 5. The lowest BCUT2D eigenvalue weighted by Crippen LogP contribution is -2.45. The summed E-state index contributed by atoms with van der Waals surface area (Å²) in [7, 11) is 0. The standard InChI is InChI=1S/C11H16O5/c1-6(12)14-8-5-4-7(13)9-10(8)16-11(2,3)15-9/h4-5,7-10,13H,1-3H3/t7-,8-,9-,10+/m1/s1. The van der Waals surface area contributed by atoms with E-state index in [9.17, 15) is 9.90 Å². The van der Waals surface area contributed by atoms with Crippen LogP contribution in [0.25, 0.3) is 0 Å². The molecule has 0 aromatic rings. The fourth-order valence-electron chi connectivity index (χ4n) is 2.08. The highest BCUT2D eigenvalue weighted by Gasteiger charge is 2.50. The van der Waals surface area contributed by atoms with Gasteiger partial charge in [-0.2, -0.15) is 0 Å². The van der Waals surface area contributed by atoms with Gasteiger partial charge in [-0.3, -0.25) is 4.79 Å². The van der Waals surface area contributed by atoms with Gasteiger partial charge in [-0.1, -0.05) is 6.08 Å². The van der Waals surface area contributed by atoms with Crippen LogP contribution in [0.3, 0.4) is 0 Å². The third-order valence-corrected chi connectivity index (χ3v) is 2.62. The van der Waals surface area contributed by atoms with Gasteiger partial charge in [-0.25, -0.2) is 0 Å². The topological polar surface area (TPSA) is 65.0 Å². The Bertz CT molecular complexity index is 322. The summed E-state index contributed by atoms with van der Waals surface area (Å²) in [5.41, 5.74) is 0. The van der Waals surface area contributed by atoms with E-state index in [2.05, 4.69) is 0 Å². The van der Waals surface area contributed by atoms with E-state index in [-0.39, 0.29) is 5.97 Å². The maximum absolute atomic E-state index is 10.9. The molecule has 2 aliphatic rings.